The lowest BCUT2D eigenvalue weighted by molar-refractivity contribution is -0.140. The van der Waals surface area contributed by atoms with Crippen LogP contribution in [0.1, 0.15) is 26.2 Å². The van der Waals surface area contributed by atoms with E-state index in [0.29, 0.717) is 17.7 Å². The predicted molar refractivity (Wildman–Crippen MR) is 76.7 cm³/mol. The summed E-state index contributed by atoms with van der Waals surface area (Å²) in [4.78, 5) is 17.3. The molecule has 1 heterocycles. The van der Waals surface area contributed by atoms with Crippen molar-refractivity contribution in [1.82, 2.24) is 9.80 Å². The molecule has 3 aliphatic rings. The van der Waals surface area contributed by atoms with Crippen LogP contribution in [0.4, 0.5) is 0 Å². The normalized spacial score (nSPS) is 38.7. The third-order valence-corrected chi connectivity index (χ3v) is 5.59. The minimum Gasteiger partial charge on any atom is -0.340 e. The van der Waals surface area contributed by atoms with E-state index in [1.165, 1.54) is 24.8 Å². The van der Waals surface area contributed by atoms with Gasteiger partial charge in [0.2, 0.25) is 5.91 Å². The molecule has 0 N–H and O–H groups in total. The van der Waals surface area contributed by atoms with Crippen molar-refractivity contribution < 1.29 is 4.79 Å². The first-order valence-electron chi connectivity index (χ1n) is 7.70. The monoisotopic (exact) mass is 262 g/mol. The maximum Gasteiger partial charge on any atom is 0.226 e. The van der Waals surface area contributed by atoms with E-state index >= 15 is 0 Å². The smallest absolute Gasteiger partial charge is 0.226 e. The number of fused-ring (bicyclic) bond motifs is 2. The minimum atomic E-state index is 0.250. The van der Waals surface area contributed by atoms with Crippen LogP contribution in [0.25, 0.3) is 0 Å². The highest BCUT2D eigenvalue weighted by molar-refractivity contribution is 5.80. The van der Waals surface area contributed by atoms with Crippen molar-refractivity contribution >= 4 is 5.91 Å². The second kappa shape index (κ2) is 4.93. The van der Waals surface area contributed by atoms with Gasteiger partial charge in [0.05, 0.1) is 0 Å². The Bertz CT molecular complexity index is 384. The Kier molecular flexibility index (Phi) is 3.42. The summed E-state index contributed by atoms with van der Waals surface area (Å²) in [6.45, 7) is 10.1. The van der Waals surface area contributed by atoms with E-state index in [0.717, 1.165) is 32.1 Å². The molecule has 0 radical (unpaired) electrons. The zero-order valence-electron chi connectivity index (χ0n) is 12.3. The molecule has 1 saturated heterocycles. The standard InChI is InChI=1S/C16H26N2O/c1-11(2)14-12-4-5-13(10-12)15(14)16(19)18-8-6-17(3)7-9-18/h12-15H,1,4-10H2,2-3H3. The van der Waals surface area contributed by atoms with E-state index < -0.39 is 0 Å². The van der Waals surface area contributed by atoms with Gasteiger partial charge in [0, 0.05) is 32.1 Å². The highest BCUT2D eigenvalue weighted by Gasteiger charge is 2.51. The highest BCUT2D eigenvalue weighted by atomic mass is 16.2. The average molecular weight is 262 g/mol. The quantitative estimate of drug-likeness (QED) is 0.711. The topological polar surface area (TPSA) is 23.6 Å². The molecule has 19 heavy (non-hydrogen) atoms. The molecule has 3 heteroatoms. The van der Waals surface area contributed by atoms with Gasteiger partial charge in [-0.15, -0.1) is 0 Å². The largest absolute Gasteiger partial charge is 0.340 e. The Morgan fingerprint density at radius 3 is 2.21 bits per heavy atom. The van der Waals surface area contributed by atoms with Crippen LogP contribution in [-0.2, 0) is 4.79 Å². The van der Waals surface area contributed by atoms with Crippen molar-refractivity contribution in [3.63, 3.8) is 0 Å². The number of amides is 1. The molecule has 2 aliphatic carbocycles. The Morgan fingerprint density at radius 2 is 1.63 bits per heavy atom. The van der Waals surface area contributed by atoms with Crippen LogP contribution >= 0.6 is 0 Å². The van der Waals surface area contributed by atoms with Crippen LogP contribution < -0.4 is 0 Å². The van der Waals surface area contributed by atoms with Crippen molar-refractivity contribution in [2.45, 2.75) is 26.2 Å². The second-order valence-corrected chi connectivity index (χ2v) is 6.86. The summed E-state index contributed by atoms with van der Waals surface area (Å²) in [5.74, 6) is 2.52. The van der Waals surface area contributed by atoms with Gasteiger partial charge in [-0.2, -0.15) is 0 Å². The molecule has 1 aliphatic heterocycles. The number of rotatable bonds is 2. The number of allylic oxidation sites excluding steroid dienone is 1. The maximum absolute atomic E-state index is 12.9. The first-order valence-corrected chi connectivity index (χ1v) is 7.70. The van der Waals surface area contributed by atoms with Crippen molar-refractivity contribution in [3.8, 4) is 0 Å². The summed E-state index contributed by atoms with van der Waals surface area (Å²) in [6, 6.07) is 0. The van der Waals surface area contributed by atoms with Crippen LogP contribution in [0, 0.1) is 23.7 Å². The lowest BCUT2D eigenvalue weighted by Crippen LogP contribution is -2.50. The molecule has 106 valence electrons. The van der Waals surface area contributed by atoms with Crippen molar-refractivity contribution in [2.75, 3.05) is 33.2 Å². The van der Waals surface area contributed by atoms with Gasteiger partial charge in [-0.1, -0.05) is 12.2 Å². The van der Waals surface area contributed by atoms with Crippen LogP contribution in [0.3, 0.4) is 0 Å². The molecule has 2 saturated carbocycles. The molecule has 0 spiro atoms. The fourth-order valence-electron chi connectivity index (χ4n) is 4.59. The number of nitrogens with zero attached hydrogens (tertiary/aromatic N) is 2. The van der Waals surface area contributed by atoms with E-state index in [2.05, 4.69) is 30.4 Å². The highest BCUT2D eigenvalue weighted by Crippen LogP contribution is 2.55. The molecule has 3 rings (SSSR count). The number of carbonyl (C=O) groups is 1. The average Bonchev–Trinajstić information content (AvgIpc) is 2.98. The van der Waals surface area contributed by atoms with Crippen LogP contribution in [-0.4, -0.2) is 48.9 Å². The SMILES string of the molecule is C=C(C)C1C2CCC(C2)C1C(=O)N1CCN(C)CC1. The van der Waals surface area contributed by atoms with Gasteiger partial charge in [-0.3, -0.25) is 4.79 Å². The van der Waals surface area contributed by atoms with Gasteiger partial charge >= 0.3 is 0 Å². The van der Waals surface area contributed by atoms with Gasteiger partial charge in [-0.25, -0.2) is 0 Å². The minimum absolute atomic E-state index is 0.250. The molecule has 3 nitrogen and oxygen atoms in total. The van der Waals surface area contributed by atoms with Crippen molar-refractivity contribution in [3.05, 3.63) is 12.2 Å². The molecule has 1 amide bonds. The van der Waals surface area contributed by atoms with E-state index in [4.69, 9.17) is 0 Å². The summed E-state index contributed by atoms with van der Waals surface area (Å²) >= 11 is 0. The van der Waals surface area contributed by atoms with Gasteiger partial charge in [-0.05, 0) is 51.0 Å². The molecule has 0 aromatic heterocycles. The molecule has 4 unspecified atom stereocenters. The fourth-order valence-corrected chi connectivity index (χ4v) is 4.59. The number of hydrogen-bond acceptors (Lipinski definition) is 2. The maximum atomic E-state index is 12.9. The Labute approximate surface area is 116 Å². The first kappa shape index (κ1) is 13.2. The van der Waals surface area contributed by atoms with E-state index in [-0.39, 0.29) is 5.92 Å². The predicted octanol–water partition coefficient (Wildman–Crippen LogP) is 2.00. The summed E-state index contributed by atoms with van der Waals surface area (Å²) < 4.78 is 0. The molecule has 3 fully saturated rings. The van der Waals surface area contributed by atoms with E-state index in [9.17, 15) is 4.79 Å². The Morgan fingerprint density at radius 1 is 1.05 bits per heavy atom. The van der Waals surface area contributed by atoms with Gasteiger partial charge in [0.15, 0.2) is 0 Å². The summed E-state index contributed by atoms with van der Waals surface area (Å²) in [5, 5.41) is 0. The number of carbonyl (C=O) groups excluding carboxylic acids is 1. The summed E-state index contributed by atoms with van der Waals surface area (Å²) in [7, 11) is 2.13. The summed E-state index contributed by atoms with van der Waals surface area (Å²) in [6.07, 6.45) is 3.84. The molecule has 4 atom stereocenters. The van der Waals surface area contributed by atoms with Crippen molar-refractivity contribution in [2.24, 2.45) is 23.7 Å². The van der Waals surface area contributed by atoms with Gasteiger partial charge < -0.3 is 9.80 Å². The van der Waals surface area contributed by atoms with Gasteiger partial charge in [0.1, 0.15) is 0 Å². The first-order chi connectivity index (χ1) is 9.08. The number of piperazine rings is 1. The lowest BCUT2D eigenvalue weighted by atomic mass is 9.75. The van der Waals surface area contributed by atoms with Crippen LogP contribution in [0.5, 0.6) is 0 Å². The molecule has 2 bridgehead atoms. The number of likely N-dealkylation sites (N-methyl/N-ethyl adjacent to an activating group) is 1. The molecular weight excluding hydrogens is 236 g/mol. The zero-order valence-corrected chi connectivity index (χ0v) is 12.3. The third kappa shape index (κ3) is 2.22. The molecular formula is C16H26N2O. The van der Waals surface area contributed by atoms with E-state index in [1.54, 1.807) is 0 Å². The van der Waals surface area contributed by atoms with E-state index in [1.807, 2.05) is 0 Å². The van der Waals surface area contributed by atoms with Crippen LogP contribution in [0.2, 0.25) is 0 Å². The van der Waals surface area contributed by atoms with Gasteiger partial charge in [0.25, 0.3) is 0 Å². The summed E-state index contributed by atoms with van der Waals surface area (Å²) in [5.41, 5.74) is 1.24. The molecule has 0 aromatic rings. The Balaban J connectivity index is 1.73. The third-order valence-electron chi connectivity index (χ3n) is 5.59. The Hall–Kier alpha value is -0.830. The second-order valence-electron chi connectivity index (χ2n) is 6.86. The lowest BCUT2D eigenvalue weighted by Gasteiger charge is -2.38. The molecule has 0 aromatic carbocycles. The fraction of sp³-hybridized carbons (Fsp3) is 0.812. The van der Waals surface area contributed by atoms with Crippen LogP contribution in [0.15, 0.2) is 12.2 Å². The van der Waals surface area contributed by atoms with Crippen molar-refractivity contribution in [1.29, 1.82) is 0 Å². The number of hydrogen-bond donors (Lipinski definition) is 0. The zero-order chi connectivity index (χ0) is 13.6.